The van der Waals surface area contributed by atoms with Gasteiger partial charge in [0, 0.05) is 7.05 Å². The number of carbonyl (C=O) groups excluding carboxylic acids is 2. The van der Waals surface area contributed by atoms with Crippen molar-refractivity contribution in [2.24, 2.45) is 4.99 Å². The fraction of sp³-hybridized carbons (Fsp3) is 0.227. The van der Waals surface area contributed by atoms with Crippen LogP contribution >= 0.6 is 11.8 Å². The fourth-order valence-corrected chi connectivity index (χ4v) is 3.73. The minimum Gasteiger partial charge on any atom is -0.493 e. The molecular formula is C22H22N2O5S. The van der Waals surface area contributed by atoms with Gasteiger partial charge < -0.3 is 14.2 Å². The van der Waals surface area contributed by atoms with E-state index in [-0.39, 0.29) is 11.9 Å². The van der Waals surface area contributed by atoms with E-state index in [1.54, 1.807) is 64.6 Å². The highest BCUT2D eigenvalue weighted by Crippen LogP contribution is 2.35. The van der Waals surface area contributed by atoms with Crippen molar-refractivity contribution >= 4 is 40.6 Å². The average Bonchev–Trinajstić information content (AvgIpc) is 3.02. The highest BCUT2D eigenvalue weighted by molar-refractivity contribution is 8.18. The number of esters is 1. The lowest BCUT2D eigenvalue weighted by molar-refractivity contribution is -0.121. The Morgan fingerprint density at radius 3 is 2.43 bits per heavy atom. The summed E-state index contributed by atoms with van der Waals surface area (Å²) in [5, 5.41) is 0.551. The van der Waals surface area contributed by atoms with Gasteiger partial charge in [-0.3, -0.25) is 9.69 Å². The molecule has 1 amide bonds. The summed E-state index contributed by atoms with van der Waals surface area (Å²) in [5.41, 5.74) is 1.91. The molecule has 0 atom stereocenters. The molecule has 8 heteroatoms. The zero-order valence-corrected chi connectivity index (χ0v) is 18.0. The Morgan fingerprint density at radius 2 is 1.80 bits per heavy atom. The summed E-state index contributed by atoms with van der Waals surface area (Å²) in [7, 11) is 4.82. The second-order valence-electron chi connectivity index (χ2n) is 6.25. The number of hydrogen-bond donors (Lipinski definition) is 0. The molecule has 1 heterocycles. The van der Waals surface area contributed by atoms with E-state index in [1.807, 2.05) is 12.1 Å². The van der Waals surface area contributed by atoms with E-state index in [0.29, 0.717) is 39.4 Å². The van der Waals surface area contributed by atoms with Gasteiger partial charge in [0.2, 0.25) is 0 Å². The summed E-state index contributed by atoms with van der Waals surface area (Å²) < 4.78 is 15.5. The van der Waals surface area contributed by atoms with Crippen molar-refractivity contribution in [3.05, 3.63) is 58.5 Å². The minimum absolute atomic E-state index is 0.142. The molecule has 30 heavy (non-hydrogen) atoms. The largest absolute Gasteiger partial charge is 0.493 e. The first-order chi connectivity index (χ1) is 14.5. The van der Waals surface area contributed by atoms with Gasteiger partial charge in [0.15, 0.2) is 16.7 Å². The van der Waals surface area contributed by atoms with E-state index in [1.165, 1.54) is 16.7 Å². The number of benzene rings is 2. The molecule has 0 aliphatic carbocycles. The van der Waals surface area contributed by atoms with Gasteiger partial charge in [-0.2, -0.15) is 0 Å². The monoisotopic (exact) mass is 426 g/mol. The molecule has 0 aromatic heterocycles. The zero-order valence-electron chi connectivity index (χ0n) is 17.2. The molecule has 0 radical (unpaired) electrons. The fourth-order valence-electron chi connectivity index (χ4n) is 2.74. The Labute approximate surface area is 179 Å². The predicted octanol–water partition coefficient (Wildman–Crippen LogP) is 4.11. The second kappa shape index (κ2) is 9.49. The summed E-state index contributed by atoms with van der Waals surface area (Å²) in [5.74, 6) is 0.693. The van der Waals surface area contributed by atoms with Crippen LogP contribution in [0, 0.1) is 0 Å². The molecule has 0 bridgehead atoms. The van der Waals surface area contributed by atoms with Crippen LogP contribution in [0.4, 0.5) is 5.69 Å². The predicted molar refractivity (Wildman–Crippen MR) is 117 cm³/mol. The molecule has 1 aliphatic rings. The summed E-state index contributed by atoms with van der Waals surface area (Å²) >= 11 is 1.28. The number of ether oxygens (including phenoxy) is 3. The van der Waals surface area contributed by atoms with Crippen LogP contribution in [0.3, 0.4) is 0 Å². The van der Waals surface area contributed by atoms with Gasteiger partial charge in [0.05, 0.1) is 37.0 Å². The van der Waals surface area contributed by atoms with Crippen molar-refractivity contribution in [3.8, 4) is 11.5 Å². The molecule has 1 saturated heterocycles. The smallest absolute Gasteiger partial charge is 0.338 e. The van der Waals surface area contributed by atoms with E-state index in [4.69, 9.17) is 14.2 Å². The molecule has 7 nitrogen and oxygen atoms in total. The van der Waals surface area contributed by atoms with Crippen molar-refractivity contribution in [1.29, 1.82) is 0 Å². The Kier molecular flexibility index (Phi) is 6.79. The van der Waals surface area contributed by atoms with Crippen molar-refractivity contribution < 1.29 is 23.8 Å². The third-order valence-corrected chi connectivity index (χ3v) is 5.37. The van der Waals surface area contributed by atoms with Gasteiger partial charge in [-0.1, -0.05) is 6.07 Å². The number of amidine groups is 1. The van der Waals surface area contributed by atoms with Gasteiger partial charge in [-0.25, -0.2) is 9.79 Å². The van der Waals surface area contributed by atoms with E-state index >= 15 is 0 Å². The quantitative estimate of drug-likeness (QED) is 0.511. The van der Waals surface area contributed by atoms with Crippen LogP contribution in [0.5, 0.6) is 11.5 Å². The van der Waals surface area contributed by atoms with Crippen LogP contribution in [0.2, 0.25) is 0 Å². The lowest BCUT2D eigenvalue weighted by atomic mass is 10.2. The Morgan fingerprint density at radius 1 is 1.10 bits per heavy atom. The summed E-state index contributed by atoms with van der Waals surface area (Å²) in [6.07, 6.45) is 1.79. The van der Waals surface area contributed by atoms with E-state index in [2.05, 4.69) is 4.99 Å². The summed E-state index contributed by atoms with van der Waals surface area (Å²) in [4.78, 5) is 31.0. The van der Waals surface area contributed by atoms with E-state index < -0.39 is 0 Å². The van der Waals surface area contributed by atoms with Crippen molar-refractivity contribution in [2.75, 3.05) is 27.9 Å². The minimum atomic E-state index is -0.376. The first-order valence-electron chi connectivity index (χ1n) is 9.22. The Hall–Kier alpha value is -3.26. The number of carbonyl (C=O) groups is 2. The van der Waals surface area contributed by atoms with Gasteiger partial charge >= 0.3 is 5.97 Å². The first kappa shape index (κ1) is 21.4. The maximum atomic E-state index is 12.6. The molecular weight excluding hydrogens is 404 g/mol. The molecule has 1 fully saturated rings. The number of thioether (sulfide) groups is 1. The van der Waals surface area contributed by atoms with Crippen LogP contribution in [0.25, 0.3) is 6.08 Å². The zero-order chi connectivity index (χ0) is 21.7. The van der Waals surface area contributed by atoms with Crippen LogP contribution in [-0.2, 0) is 9.53 Å². The van der Waals surface area contributed by atoms with Gasteiger partial charge in [0.1, 0.15) is 0 Å². The summed E-state index contributed by atoms with van der Waals surface area (Å²) in [6, 6.07) is 12.2. The molecule has 0 spiro atoms. The maximum absolute atomic E-state index is 12.6. The van der Waals surface area contributed by atoms with Gasteiger partial charge in [0.25, 0.3) is 5.91 Å². The molecule has 2 aromatic rings. The van der Waals surface area contributed by atoms with Gasteiger partial charge in [-0.15, -0.1) is 0 Å². The SMILES string of the molecule is CCOC(=O)c1ccc(N=C2S/C(=C\c3ccc(OC)c(OC)c3)C(=O)N2C)cc1. The molecule has 0 N–H and O–H groups in total. The normalized spacial score (nSPS) is 16.3. The van der Waals surface area contributed by atoms with Crippen molar-refractivity contribution in [3.63, 3.8) is 0 Å². The lowest BCUT2D eigenvalue weighted by Gasteiger charge is -2.08. The number of likely N-dealkylation sites (N-methyl/N-ethyl adjacent to an activating group) is 1. The first-order valence-corrected chi connectivity index (χ1v) is 10.0. The van der Waals surface area contributed by atoms with Gasteiger partial charge in [-0.05, 0) is 66.7 Å². The van der Waals surface area contributed by atoms with Crippen molar-refractivity contribution in [2.45, 2.75) is 6.92 Å². The second-order valence-corrected chi connectivity index (χ2v) is 7.26. The Bertz CT molecular complexity index is 1010. The molecule has 3 rings (SSSR count). The number of hydrogen-bond acceptors (Lipinski definition) is 7. The number of aliphatic imine (C=N–C) groups is 1. The molecule has 0 unspecified atom stereocenters. The molecule has 156 valence electrons. The third-order valence-electron chi connectivity index (χ3n) is 4.31. The number of nitrogens with zero attached hydrogens (tertiary/aromatic N) is 2. The number of rotatable bonds is 6. The lowest BCUT2D eigenvalue weighted by Crippen LogP contribution is -2.23. The maximum Gasteiger partial charge on any atom is 0.338 e. The number of methoxy groups -OCH3 is 2. The molecule has 0 saturated carbocycles. The highest BCUT2D eigenvalue weighted by Gasteiger charge is 2.30. The van der Waals surface area contributed by atoms with Crippen LogP contribution < -0.4 is 9.47 Å². The highest BCUT2D eigenvalue weighted by atomic mass is 32.2. The van der Waals surface area contributed by atoms with E-state index in [0.717, 1.165) is 5.56 Å². The van der Waals surface area contributed by atoms with Crippen LogP contribution in [-0.4, -0.2) is 49.8 Å². The number of amides is 1. The average molecular weight is 426 g/mol. The topological polar surface area (TPSA) is 77.4 Å². The Balaban J connectivity index is 1.82. The molecule has 2 aromatic carbocycles. The third kappa shape index (κ3) is 4.65. The standard InChI is InChI=1S/C22H22N2O5S/c1-5-29-21(26)15-7-9-16(10-8-15)23-22-24(2)20(25)19(30-22)13-14-6-11-17(27-3)18(12-14)28-4/h6-13H,5H2,1-4H3/b19-13-,23-22?. The van der Waals surface area contributed by atoms with Crippen molar-refractivity contribution in [1.82, 2.24) is 4.90 Å². The molecule has 1 aliphatic heterocycles. The van der Waals surface area contributed by atoms with Crippen LogP contribution in [0.1, 0.15) is 22.8 Å². The van der Waals surface area contributed by atoms with E-state index in [9.17, 15) is 9.59 Å². The summed E-state index contributed by atoms with van der Waals surface area (Å²) in [6.45, 7) is 2.08. The van der Waals surface area contributed by atoms with Crippen LogP contribution in [0.15, 0.2) is 52.4 Å².